The van der Waals surface area contributed by atoms with Gasteiger partial charge in [-0.25, -0.2) is 9.37 Å². The summed E-state index contributed by atoms with van der Waals surface area (Å²) in [5.41, 5.74) is 0. The third kappa shape index (κ3) is 3.45. The molecule has 1 aromatic heterocycles. The minimum absolute atomic E-state index is 0.0811. The number of nitrogens with zero attached hydrogens (tertiary/aromatic N) is 1. The topological polar surface area (TPSA) is 31.4 Å². The predicted molar refractivity (Wildman–Crippen MR) is 74.1 cm³/mol. The Labute approximate surface area is 123 Å². The molecular formula is C14H12BrF2NO2. The summed E-state index contributed by atoms with van der Waals surface area (Å²) in [4.78, 5) is 3.98. The van der Waals surface area contributed by atoms with Gasteiger partial charge >= 0.3 is 0 Å². The van der Waals surface area contributed by atoms with Crippen LogP contribution in [0.15, 0.2) is 34.9 Å². The van der Waals surface area contributed by atoms with E-state index >= 15 is 0 Å². The SMILES string of the molecule is CC(C)Oc1cccnc1Oc1cc(Br)cc(F)c1F. The van der Waals surface area contributed by atoms with Gasteiger partial charge in [0, 0.05) is 10.7 Å². The van der Waals surface area contributed by atoms with Gasteiger partial charge in [0.15, 0.2) is 17.3 Å². The van der Waals surface area contributed by atoms with Crippen molar-refractivity contribution in [1.29, 1.82) is 0 Å². The van der Waals surface area contributed by atoms with E-state index in [9.17, 15) is 8.78 Å². The maximum Gasteiger partial charge on any atom is 0.262 e. The van der Waals surface area contributed by atoms with E-state index in [2.05, 4.69) is 20.9 Å². The zero-order chi connectivity index (χ0) is 14.7. The molecule has 0 amide bonds. The van der Waals surface area contributed by atoms with Crippen molar-refractivity contribution >= 4 is 15.9 Å². The molecule has 0 aliphatic carbocycles. The fraction of sp³-hybridized carbons (Fsp3) is 0.214. The summed E-state index contributed by atoms with van der Waals surface area (Å²) in [6.45, 7) is 3.69. The Morgan fingerprint density at radius 2 is 1.95 bits per heavy atom. The number of aromatic nitrogens is 1. The summed E-state index contributed by atoms with van der Waals surface area (Å²) in [5.74, 6) is -1.89. The van der Waals surface area contributed by atoms with Gasteiger partial charge in [0.1, 0.15) is 0 Å². The Balaban J connectivity index is 2.35. The molecule has 6 heteroatoms. The Kier molecular flexibility index (Phi) is 4.54. The predicted octanol–water partition coefficient (Wildman–Crippen LogP) is 4.70. The molecule has 0 aliphatic rings. The normalized spacial score (nSPS) is 10.7. The van der Waals surface area contributed by atoms with Crippen molar-refractivity contribution in [1.82, 2.24) is 4.98 Å². The molecule has 2 aromatic rings. The highest BCUT2D eigenvalue weighted by Gasteiger charge is 2.15. The first-order valence-electron chi connectivity index (χ1n) is 5.91. The molecule has 20 heavy (non-hydrogen) atoms. The van der Waals surface area contributed by atoms with Crippen LogP contribution >= 0.6 is 15.9 Å². The van der Waals surface area contributed by atoms with Crippen molar-refractivity contribution in [3.8, 4) is 17.4 Å². The van der Waals surface area contributed by atoms with Crippen LogP contribution in [-0.2, 0) is 0 Å². The first-order valence-corrected chi connectivity index (χ1v) is 6.70. The van der Waals surface area contributed by atoms with E-state index in [1.807, 2.05) is 13.8 Å². The van der Waals surface area contributed by atoms with Crippen molar-refractivity contribution < 1.29 is 18.3 Å². The van der Waals surface area contributed by atoms with Crippen LogP contribution in [0.5, 0.6) is 17.4 Å². The van der Waals surface area contributed by atoms with Crippen LogP contribution < -0.4 is 9.47 Å². The third-order valence-electron chi connectivity index (χ3n) is 2.27. The molecule has 0 bridgehead atoms. The van der Waals surface area contributed by atoms with Gasteiger partial charge in [-0.2, -0.15) is 4.39 Å². The van der Waals surface area contributed by atoms with Crippen LogP contribution in [0.4, 0.5) is 8.78 Å². The molecule has 0 saturated carbocycles. The molecule has 2 rings (SSSR count). The average molecular weight is 344 g/mol. The molecule has 1 aromatic carbocycles. The molecule has 0 aliphatic heterocycles. The van der Waals surface area contributed by atoms with Crippen LogP contribution in [-0.4, -0.2) is 11.1 Å². The van der Waals surface area contributed by atoms with Crippen molar-refractivity contribution in [3.05, 3.63) is 46.6 Å². The summed E-state index contributed by atoms with van der Waals surface area (Å²) in [6.07, 6.45) is 1.39. The van der Waals surface area contributed by atoms with Crippen molar-refractivity contribution in [2.45, 2.75) is 20.0 Å². The van der Waals surface area contributed by atoms with Crippen molar-refractivity contribution in [2.75, 3.05) is 0 Å². The first-order chi connectivity index (χ1) is 9.47. The fourth-order valence-electron chi connectivity index (χ4n) is 1.51. The molecule has 106 valence electrons. The monoisotopic (exact) mass is 343 g/mol. The second-order valence-electron chi connectivity index (χ2n) is 4.28. The number of ether oxygens (including phenoxy) is 2. The largest absolute Gasteiger partial charge is 0.485 e. The lowest BCUT2D eigenvalue weighted by atomic mass is 10.3. The quantitative estimate of drug-likeness (QED) is 0.754. The summed E-state index contributed by atoms with van der Waals surface area (Å²) in [7, 11) is 0. The van der Waals surface area contributed by atoms with Gasteiger partial charge in [0.25, 0.3) is 5.88 Å². The van der Waals surface area contributed by atoms with Crippen LogP contribution in [0.3, 0.4) is 0 Å². The van der Waals surface area contributed by atoms with Crippen LogP contribution in [0.1, 0.15) is 13.8 Å². The Hall–Kier alpha value is -1.69. The maximum atomic E-state index is 13.7. The molecule has 3 nitrogen and oxygen atoms in total. The van der Waals surface area contributed by atoms with Gasteiger partial charge in [-0.15, -0.1) is 0 Å². The lowest BCUT2D eigenvalue weighted by molar-refractivity contribution is 0.230. The molecule has 0 unspecified atom stereocenters. The van der Waals surface area contributed by atoms with Gasteiger partial charge in [-0.3, -0.25) is 0 Å². The second kappa shape index (κ2) is 6.17. The first kappa shape index (κ1) is 14.7. The minimum atomic E-state index is -1.07. The molecule has 0 saturated heterocycles. The van der Waals surface area contributed by atoms with E-state index in [0.717, 1.165) is 6.07 Å². The number of hydrogen-bond donors (Lipinski definition) is 0. The highest BCUT2D eigenvalue weighted by atomic mass is 79.9. The highest BCUT2D eigenvalue weighted by molar-refractivity contribution is 9.10. The van der Waals surface area contributed by atoms with Gasteiger partial charge < -0.3 is 9.47 Å². The second-order valence-corrected chi connectivity index (χ2v) is 5.19. The standard InChI is InChI=1S/C14H12BrF2NO2/c1-8(2)19-11-4-3-5-18-14(11)20-12-7-9(15)6-10(16)13(12)17/h3-8H,1-2H3. The molecule has 1 heterocycles. The smallest absolute Gasteiger partial charge is 0.262 e. The molecule has 0 spiro atoms. The van der Waals surface area contributed by atoms with Crippen LogP contribution in [0.25, 0.3) is 0 Å². The molecule has 0 N–H and O–H groups in total. The number of pyridine rings is 1. The highest BCUT2D eigenvalue weighted by Crippen LogP contribution is 2.33. The van der Waals surface area contributed by atoms with Gasteiger partial charge in [-0.1, -0.05) is 15.9 Å². The molecule has 0 radical (unpaired) electrons. The number of rotatable bonds is 4. The lowest BCUT2D eigenvalue weighted by Gasteiger charge is -2.14. The van der Waals surface area contributed by atoms with E-state index in [-0.39, 0.29) is 17.7 Å². The molecule has 0 atom stereocenters. The lowest BCUT2D eigenvalue weighted by Crippen LogP contribution is -2.07. The number of benzene rings is 1. The summed E-state index contributed by atoms with van der Waals surface area (Å²) >= 11 is 3.08. The van der Waals surface area contributed by atoms with Gasteiger partial charge in [0.2, 0.25) is 5.82 Å². The van der Waals surface area contributed by atoms with Crippen molar-refractivity contribution in [3.63, 3.8) is 0 Å². The van der Waals surface area contributed by atoms with Crippen molar-refractivity contribution in [2.24, 2.45) is 0 Å². The van der Waals surface area contributed by atoms with Gasteiger partial charge in [0.05, 0.1) is 6.10 Å². The van der Waals surface area contributed by atoms with E-state index in [4.69, 9.17) is 9.47 Å². The summed E-state index contributed by atoms with van der Waals surface area (Å²) < 4.78 is 38.2. The Morgan fingerprint density at radius 3 is 2.65 bits per heavy atom. The number of halogens is 3. The summed E-state index contributed by atoms with van der Waals surface area (Å²) in [5, 5.41) is 0. The molecular weight excluding hydrogens is 332 g/mol. The Morgan fingerprint density at radius 1 is 1.20 bits per heavy atom. The van der Waals surface area contributed by atoms with Crippen LogP contribution in [0, 0.1) is 11.6 Å². The zero-order valence-electron chi connectivity index (χ0n) is 10.9. The van der Waals surface area contributed by atoms with Crippen LogP contribution in [0.2, 0.25) is 0 Å². The van der Waals surface area contributed by atoms with E-state index < -0.39 is 11.6 Å². The Bertz CT molecular complexity index is 620. The van der Waals surface area contributed by atoms with E-state index in [1.165, 1.54) is 12.3 Å². The van der Waals surface area contributed by atoms with Gasteiger partial charge in [-0.05, 0) is 38.1 Å². The summed E-state index contributed by atoms with van der Waals surface area (Å²) in [6, 6.07) is 5.66. The number of hydrogen-bond acceptors (Lipinski definition) is 3. The zero-order valence-corrected chi connectivity index (χ0v) is 12.4. The van der Waals surface area contributed by atoms with E-state index in [1.54, 1.807) is 12.1 Å². The minimum Gasteiger partial charge on any atom is -0.485 e. The average Bonchev–Trinajstić information content (AvgIpc) is 2.37. The third-order valence-corrected chi connectivity index (χ3v) is 2.72. The van der Waals surface area contributed by atoms with E-state index in [0.29, 0.717) is 10.2 Å². The fourth-order valence-corrected chi connectivity index (χ4v) is 1.92. The molecule has 0 fully saturated rings. The maximum absolute atomic E-state index is 13.7.